The monoisotopic (exact) mass is 421 g/mol. The van der Waals surface area contributed by atoms with Crippen LogP contribution in [0.1, 0.15) is 18.4 Å². The van der Waals surface area contributed by atoms with Crippen LogP contribution < -0.4 is 25.0 Å². The smallest absolute Gasteiger partial charge is 0.253 e. The second-order valence-electron chi connectivity index (χ2n) is 7.16. The van der Waals surface area contributed by atoms with Crippen LogP contribution in [0.15, 0.2) is 36.4 Å². The number of amides is 1. The maximum absolute atomic E-state index is 14.7. The third-order valence-corrected chi connectivity index (χ3v) is 5.56. The summed E-state index contributed by atoms with van der Waals surface area (Å²) in [6.07, 6.45) is 1.37. The molecule has 0 aliphatic carbocycles. The van der Waals surface area contributed by atoms with Crippen LogP contribution in [-0.4, -0.2) is 38.8 Å². The van der Waals surface area contributed by atoms with Gasteiger partial charge in [-0.15, -0.1) is 12.4 Å². The van der Waals surface area contributed by atoms with E-state index in [1.54, 1.807) is 11.0 Å². The maximum Gasteiger partial charge on any atom is 0.253 e. The van der Waals surface area contributed by atoms with E-state index >= 15 is 0 Å². The van der Waals surface area contributed by atoms with Crippen molar-refractivity contribution in [2.24, 2.45) is 0 Å². The fourth-order valence-corrected chi connectivity index (χ4v) is 4.03. The minimum atomic E-state index is -0.660. The highest BCUT2D eigenvalue weighted by Crippen LogP contribution is 2.40. The first-order valence-electron chi connectivity index (χ1n) is 9.38. The summed E-state index contributed by atoms with van der Waals surface area (Å²) in [7, 11) is 2.97. The maximum atomic E-state index is 14.7. The molecule has 2 aliphatic rings. The van der Waals surface area contributed by atoms with Gasteiger partial charge >= 0.3 is 0 Å². The van der Waals surface area contributed by atoms with Crippen molar-refractivity contribution in [1.82, 2.24) is 5.32 Å². The molecular formula is C21H25ClFN3O3. The highest BCUT2D eigenvalue weighted by atomic mass is 35.5. The van der Waals surface area contributed by atoms with Gasteiger partial charge in [0.05, 0.1) is 32.1 Å². The van der Waals surface area contributed by atoms with Gasteiger partial charge in [-0.3, -0.25) is 4.79 Å². The molecule has 2 aliphatic heterocycles. The average molecular weight is 422 g/mol. The lowest BCUT2D eigenvalue weighted by Gasteiger charge is -2.46. The number of benzene rings is 2. The predicted octanol–water partition coefficient (Wildman–Crippen LogP) is 3.35. The van der Waals surface area contributed by atoms with Crippen LogP contribution in [0.2, 0.25) is 0 Å². The molecule has 0 unspecified atom stereocenters. The van der Waals surface area contributed by atoms with Crippen LogP contribution >= 0.6 is 12.4 Å². The number of fused-ring (bicyclic) bond motifs is 1. The Bertz CT molecular complexity index is 903. The van der Waals surface area contributed by atoms with Crippen LogP contribution in [0, 0.1) is 5.82 Å². The van der Waals surface area contributed by atoms with Gasteiger partial charge in [0.1, 0.15) is 11.4 Å². The molecule has 2 N–H and O–H groups in total. The molecule has 8 heteroatoms. The molecule has 0 saturated carbocycles. The summed E-state index contributed by atoms with van der Waals surface area (Å²) in [5, 5.41) is 6.76. The summed E-state index contributed by atoms with van der Waals surface area (Å²) in [6.45, 7) is 1.65. The van der Waals surface area contributed by atoms with Gasteiger partial charge in [0, 0.05) is 11.6 Å². The molecule has 0 atom stereocenters. The van der Waals surface area contributed by atoms with Gasteiger partial charge in [-0.2, -0.15) is 0 Å². The normalized spacial score (nSPS) is 17.2. The lowest BCUT2D eigenvalue weighted by Crippen LogP contribution is -2.61. The summed E-state index contributed by atoms with van der Waals surface area (Å²) >= 11 is 0. The van der Waals surface area contributed by atoms with Crippen LogP contribution in [0.3, 0.4) is 0 Å². The molecule has 1 fully saturated rings. The highest BCUT2D eigenvalue weighted by Gasteiger charge is 2.46. The zero-order valence-corrected chi connectivity index (χ0v) is 17.3. The first-order valence-corrected chi connectivity index (χ1v) is 9.38. The van der Waals surface area contributed by atoms with Gasteiger partial charge in [-0.1, -0.05) is 12.1 Å². The number of ether oxygens (including phenoxy) is 2. The Morgan fingerprint density at radius 1 is 1.10 bits per heavy atom. The molecule has 1 saturated heterocycles. The predicted molar refractivity (Wildman–Crippen MR) is 113 cm³/mol. The molecule has 2 aromatic rings. The van der Waals surface area contributed by atoms with E-state index in [9.17, 15) is 9.18 Å². The number of hydrogen-bond donors (Lipinski definition) is 2. The molecule has 4 rings (SSSR count). The molecule has 1 spiro atoms. The Labute approximate surface area is 175 Å². The second kappa shape index (κ2) is 8.47. The molecule has 1 amide bonds. The number of carbonyl (C=O) groups excluding carboxylic acids is 1. The Kier molecular flexibility index (Phi) is 6.19. The number of piperidine rings is 1. The third-order valence-electron chi connectivity index (χ3n) is 5.56. The molecule has 29 heavy (non-hydrogen) atoms. The van der Waals surface area contributed by atoms with E-state index in [-0.39, 0.29) is 24.9 Å². The number of anilines is 2. The Morgan fingerprint density at radius 3 is 2.45 bits per heavy atom. The van der Waals surface area contributed by atoms with Crippen LogP contribution in [0.5, 0.6) is 11.5 Å². The number of carbonyl (C=O) groups is 1. The van der Waals surface area contributed by atoms with Crippen molar-refractivity contribution >= 4 is 29.7 Å². The van der Waals surface area contributed by atoms with Gasteiger partial charge < -0.3 is 25.0 Å². The number of para-hydroxylation sites is 2. The number of nitrogens with zero attached hydrogens (tertiary/aromatic N) is 1. The average Bonchev–Trinajstić information content (AvgIpc) is 2.73. The van der Waals surface area contributed by atoms with Crippen molar-refractivity contribution in [3.63, 3.8) is 0 Å². The van der Waals surface area contributed by atoms with Crippen molar-refractivity contribution in [3.05, 3.63) is 47.8 Å². The molecule has 0 bridgehead atoms. The van der Waals surface area contributed by atoms with E-state index in [2.05, 4.69) is 10.6 Å². The van der Waals surface area contributed by atoms with Gasteiger partial charge in [-0.05, 0) is 44.1 Å². The van der Waals surface area contributed by atoms with Gasteiger partial charge in [0.15, 0.2) is 11.5 Å². The van der Waals surface area contributed by atoms with E-state index in [1.165, 1.54) is 20.3 Å². The molecule has 0 radical (unpaired) electrons. The summed E-state index contributed by atoms with van der Waals surface area (Å²) in [6, 6.07) is 10.6. The first-order chi connectivity index (χ1) is 13.6. The van der Waals surface area contributed by atoms with E-state index < -0.39 is 11.4 Å². The first kappa shape index (κ1) is 21.2. The van der Waals surface area contributed by atoms with Crippen LogP contribution in [-0.2, 0) is 11.3 Å². The number of hydrogen-bond acceptors (Lipinski definition) is 5. The Hall–Kier alpha value is -2.51. The van der Waals surface area contributed by atoms with E-state index in [4.69, 9.17) is 9.47 Å². The second-order valence-corrected chi connectivity index (χ2v) is 7.16. The largest absolute Gasteiger partial charge is 0.493 e. The summed E-state index contributed by atoms with van der Waals surface area (Å²) in [4.78, 5) is 15.2. The van der Waals surface area contributed by atoms with E-state index in [0.29, 0.717) is 29.9 Å². The molecule has 2 heterocycles. The third kappa shape index (κ3) is 3.72. The van der Waals surface area contributed by atoms with Crippen LogP contribution in [0.25, 0.3) is 0 Å². The number of methoxy groups -OCH3 is 2. The van der Waals surface area contributed by atoms with Gasteiger partial charge in [0.2, 0.25) is 0 Å². The van der Waals surface area contributed by atoms with Crippen molar-refractivity contribution in [2.75, 3.05) is 37.5 Å². The van der Waals surface area contributed by atoms with Gasteiger partial charge in [0.25, 0.3) is 5.91 Å². The van der Waals surface area contributed by atoms with Crippen LogP contribution in [0.4, 0.5) is 15.8 Å². The number of halogens is 2. The summed E-state index contributed by atoms with van der Waals surface area (Å²) in [5.41, 5.74) is 1.37. The minimum absolute atomic E-state index is 0. The SMILES string of the molecule is COc1cc(F)c(CN2C(=O)C3(CCNCC3)Nc3ccccc32)cc1OC.Cl. The summed E-state index contributed by atoms with van der Waals surface area (Å²) < 4.78 is 25.2. The summed E-state index contributed by atoms with van der Waals surface area (Å²) in [5.74, 6) is 0.305. The quantitative estimate of drug-likeness (QED) is 0.792. The van der Waals surface area contributed by atoms with Crippen molar-refractivity contribution in [1.29, 1.82) is 0 Å². The molecule has 0 aromatic heterocycles. The molecule has 156 valence electrons. The van der Waals surface area contributed by atoms with E-state index in [0.717, 1.165) is 24.5 Å². The number of nitrogens with one attached hydrogen (secondary N) is 2. The molecule has 6 nitrogen and oxygen atoms in total. The van der Waals surface area contributed by atoms with E-state index in [1.807, 2.05) is 24.3 Å². The lowest BCUT2D eigenvalue weighted by atomic mass is 9.84. The molecular weight excluding hydrogens is 397 g/mol. The van der Waals surface area contributed by atoms with Crippen molar-refractivity contribution in [2.45, 2.75) is 24.9 Å². The topological polar surface area (TPSA) is 62.8 Å². The molecule has 2 aromatic carbocycles. The fourth-order valence-electron chi connectivity index (χ4n) is 4.03. The Balaban J connectivity index is 0.00000240. The van der Waals surface area contributed by atoms with Crippen molar-refractivity contribution < 1.29 is 18.7 Å². The zero-order chi connectivity index (χ0) is 19.7. The number of rotatable bonds is 4. The van der Waals surface area contributed by atoms with Gasteiger partial charge in [-0.25, -0.2) is 4.39 Å². The Morgan fingerprint density at radius 2 is 1.76 bits per heavy atom. The highest BCUT2D eigenvalue weighted by molar-refractivity contribution is 6.07. The fraction of sp³-hybridized carbons (Fsp3) is 0.381. The minimum Gasteiger partial charge on any atom is -0.493 e. The standard InChI is InChI=1S/C21H24FN3O3.ClH/c1-27-18-11-14(15(22)12-19(18)28-2)13-25-17-6-4-3-5-16(17)24-21(20(25)26)7-9-23-10-8-21;/h3-6,11-12,23-24H,7-10,13H2,1-2H3;1H. The zero-order valence-electron chi connectivity index (χ0n) is 16.5. The lowest BCUT2D eigenvalue weighted by molar-refractivity contribution is -0.124. The van der Waals surface area contributed by atoms with Crippen molar-refractivity contribution in [3.8, 4) is 11.5 Å².